The minimum atomic E-state index is -2.85. The van der Waals surface area contributed by atoms with Gasteiger partial charge in [-0.05, 0) is 36.9 Å². The van der Waals surface area contributed by atoms with Crippen LogP contribution in [0.1, 0.15) is 5.56 Å². The monoisotopic (exact) mass is 355 g/mol. The van der Waals surface area contributed by atoms with E-state index in [1.165, 1.54) is 24.3 Å². The summed E-state index contributed by atoms with van der Waals surface area (Å²) in [6, 6.07) is 12.3. The molecule has 1 atom stereocenters. The molecule has 0 spiro atoms. The predicted molar refractivity (Wildman–Crippen MR) is 87.3 cm³/mol. The summed E-state index contributed by atoms with van der Waals surface area (Å²) in [6.45, 7) is -2.07. The Hall–Kier alpha value is -2.25. The fraction of sp³-hybridized carbons (Fsp3) is 0.333. The van der Waals surface area contributed by atoms with Crippen molar-refractivity contribution in [2.24, 2.45) is 0 Å². The molecule has 2 rings (SSSR count). The van der Waals surface area contributed by atoms with Gasteiger partial charge in [0.2, 0.25) is 0 Å². The zero-order valence-electron chi connectivity index (χ0n) is 13.7. The second-order valence-electron chi connectivity index (χ2n) is 5.61. The Morgan fingerprint density at radius 3 is 2.40 bits per heavy atom. The summed E-state index contributed by atoms with van der Waals surface area (Å²) in [5.41, 5.74) is 0.881. The number of aliphatic hydroxyl groups is 1. The number of alkyl halides is 2. The molecule has 0 heterocycles. The topological polar surface area (TPSA) is 41.9 Å². The summed E-state index contributed by atoms with van der Waals surface area (Å²) in [5.74, 6) is -0.285. The molecule has 0 aromatic heterocycles. The quantitative estimate of drug-likeness (QED) is 0.749. The number of aliphatic hydroxyl groups excluding tert-OH is 1. The molecular formula is C18H20F3NO3. The Bertz CT molecular complexity index is 652. The molecule has 0 radical (unpaired) electrons. The molecule has 0 aliphatic rings. The molecule has 0 aliphatic carbocycles. The van der Waals surface area contributed by atoms with Gasteiger partial charge in [-0.1, -0.05) is 24.3 Å². The van der Waals surface area contributed by atoms with E-state index >= 15 is 0 Å². The van der Waals surface area contributed by atoms with Crippen LogP contribution in [0.5, 0.6) is 11.5 Å². The van der Waals surface area contributed by atoms with Gasteiger partial charge in [0, 0.05) is 13.1 Å². The maximum atomic E-state index is 13.4. The van der Waals surface area contributed by atoms with Gasteiger partial charge in [0.25, 0.3) is 0 Å². The van der Waals surface area contributed by atoms with E-state index in [1.54, 1.807) is 31.3 Å². The van der Waals surface area contributed by atoms with Crippen LogP contribution in [0, 0.1) is 5.82 Å². The zero-order chi connectivity index (χ0) is 18.2. The third-order valence-electron chi connectivity index (χ3n) is 3.39. The van der Waals surface area contributed by atoms with Gasteiger partial charge in [0.1, 0.15) is 18.5 Å². The van der Waals surface area contributed by atoms with E-state index in [9.17, 15) is 18.3 Å². The highest BCUT2D eigenvalue weighted by Crippen LogP contribution is 2.17. The Balaban J connectivity index is 1.77. The van der Waals surface area contributed by atoms with E-state index in [0.717, 1.165) is 5.56 Å². The van der Waals surface area contributed by atoms with Gasteiger partial charge in [0.05, 0.1) is 0 Å². The van der Waals surface area contributed by atoms with Crippen LogP contribution in [0.4, 0.5) is 13.2 Å². The van der Waals surface area contributed by atoms with Crippen LogP contribution in [-0.2, 0) is 6.54 Å². The van der Waals surface area contributed by atoms with E-state index in [4.69, 9.17) is 4.74 Å². The number of hydrogen-bond donors (Lipinski definition) is 1. The van der Waals surface area contributed by atoms with Crippen molar-refractivity contribution in [1.82, 2.24) is 4.90 Å². The van der Waals surface area contributed by atoms with E-state index in [-0.39, 0.29) is 18.1 Å². The lowest BCUT2D eigenvalue weighted by Crippen LogP contribution is -2.32. The van der Waals surface area contributed by atoms with Crippen molar-refractivity contribution in [3.63, 3.8) is 0 Å². The Morgan fingerprint density at radius 2 is 1.76 bits per heavy atom. The molecule has 2 aromatic carbocycles. The van der Waals surface area contributed by atoms with E-state index in [2.05, 4.69) is 4.74 Å². The van der Waals surface area contributed by atoms with Crippen LogP contribution >= 0.6 is 0 Å². The van der Waals surface area contributed by atoms with Crippen LogP contribution in [0.15, 0.2) is 48.5 Å². The number of para-hydroxylation sites is 1. The summed E-state index contributed by atoms with van der Waals surface area (Å²) < 4.78 is 47.2. The standard InChI is InChI=1S/C18H20F3NO3/c1-22(10-13-6-8-15(9-7-13)25-18(20)21)11-14(23)12-24-17-5-3-2-4-16(17)19/h2-9,14,18,23H,10-12H2,1H3. The molecule has 25 heavy (non-hydrogen) atoms. The van der Waals surface area contributed by atoms with Crippen molar-refractivity contribution in [2.75, 3.05) is 20.2 Å². The molecule has 4 nitrogen and oxygen atoms in total. The van der Waals surface area contributed by atoms with Gasteiger partial charge < -0.3 is 14.6 Å². The second-order valence-corrected chi connectivity index (χ2v) is 5.61. The van der Waals surface area contributed by atoms with Gasteiger partial charge in [0.15, 0.2) is 11.6 Å². The SMILES string of the molecule is CN(Cc1ccc(OC(F)F)cc1)CC(O)COc1ccccc1F. The van der Waals surface area contributed by atoms with Crippen molar-refractivity contribution in [3.8, 4) is 11.5 Å². The molecule has 136 valence electrons. The van der Waals surface area contributed by atoms with Crippen molar-refractivity contribution < 1.29 is 27.8 Å². The van der Waals surface area contributed by atoms with Crippen molar-refractivity contribution in [1.29, 1.82) is 0 Å². The first kappa shape index (κ1) is 19.1. The molecule has 0 saturated heterocycles. The fourth-order valence-electron chi connectivity index (χ4n) is 2.31. The molecule has 0 saturated carbocycles. The molecule has 7 heteroatoms. The normalized spacial score (nSPS) is 12.4. The molecule has 0 aliphatic heterocycles. The first-order chi connectivity index (χ1) is 11.9. The van der Waals surface area contributed by atoms with E-state index in [1.807, 2.05) is 4.90 Å². The number of halogens is 3. The lowest BCUT2D eigenvalue weighted by atomic mass is 10.2. The van der Waals surface area contributed by atoms with Crippen LogP contribution in [-0.4, -0.2) is 42.9 Å². The summed E-state index contributed by atoms with van der Waals surface area (Å²) in [4.78, 5) is 1.85. The fourth-order valence-corrected chi connectivity index (χ4v) is 2.31. The third kappa shape index (κ3) is 6.64. The summed E-state index contributed by atoms with van der Waals surface area (Å²) >= 11 is 0. The average molecular weight is 355 g/mol. The van der Waals surface area contributed by atoms with E-state index < -0.39 is 18.5 Å². The first-order valence-corrected chi connectivity index (χ1v) is 7.71. The van der Waals surface area contributed by atoms with Gasteiger partial charge in [-0.15, -0.1) is 0 Å². The molecule has 1 unspecified atom stereocenters. The van der Waals surface area contributed by atoms with E-state index in [0.29, 0.717) is 13.1 Å². The van der Waals surface area contributed by atoms with Crippen molar-refractivity contribution in [2.45, 2.75) is 19.3 Å². The molecule has 1 N–H and O–H groups in total. The molecule has 0 amide bonds. The van der Waals surface area contributed by atoms with Gasteiger partial charge in [-0.3, -0.25) is 4.90 Å². The lowest BCUT2D eigenvalue weighted by molar-refractivity contribution is -0.0498. The maximum Gasteiger partial charge on any atom is 0.387 e. The molecule has 0 bridgehead atoms. The van der Waals surface area contributed by atoms with Crippen molar-refractivity contribution in [3.05, 3.63) is 59.9 Å². The zero-order valence-corrected chi connectivity index (χ0v) is 13.7. The van der Waals surface area contributed by atoms with Gasteiger partial charge >= 0.3 is 6.61 Å². The molecular weight excluding hydrogens is 335 g/mol. The molecule has 0 fully saturated rings. The number of hydrogen-bond acceptors (Lipinski definition) is 4. The Morgan fingerprint density at radius 1 is 1.08 bits per heavy atom. The number of benzene rings is 2. The average Bonchev–Trinajstić information content (AvgIpc) is 2.55. The smallest absolute Gasteiger partial charge is 0.387 e. The summed E-state index contributed by atoms with van der Waals surface area (Å²) in [6.07, 6.45) is -0.800. The van der Waals surface area contributed by atoms with Crippen LogP contribution < -0.4 is 9.47 Å². The first-order valence-electron chi connectivity index (χ1n) is 7.71. The minimum Gasteiger partial charge on any atom is -0.488 e. The highest BCUT2D eigenvalue weighted by atomic mass is 19.3. The number of nitrogens with zero attached hydrogens (tertiary/aromatic N) is 1. The predicted octanol–water partition coefficient (Wildman–Crippen LogP) is 3.30. The summed E-state index contributed by atoms with van der Waals surface area (Å²) in [7, 11) is 1.80. The van der Waals surface area contributed by atoms with Crippen molar-refractivity contribution >= 4 is 0 Å². The largest absolute Gasteiger partial charge is 0.488 e. The van der Waals surface area contributed by atoms with Crippen LogP contribution in [0.3, 0.4) is 0 Å². The number of rotatable bonds is 9. The Labute approximate surface area is 144 Å². The lowest BCUT2D eigenvalue weighted by Gasteiger charge is -2.21. The van der Waals surface area contributed by atoms with Crippen LogP contribution in [0.2, 0.25) is 0 Å². The highest BCUT2D eigenvalue weighted by Gasteiger charge is 2.11. The third-order valence-corrected chi connectivity index (χ3v) is 3.39. The van der Waals surface area contributed by atoms with Gasteiger partial charge in [-0.2, -0.15) is 8.78 Å². The maximum absolute atomic E-state index is 13.4. The minimum absolute atomic E-state index is 0.0353. The second kappa shape index (κ2) is 9.29. The van der Waals surface area contributed by atoms with Crippen LogP contribution in [0.25, 0.3) is 0 Å². The number of likely N-dealkylation sites (N-methyl/N-ethyl adjacent to an activating group) is 1. The highest BCUT2D eigenvalue weighted by molar-refractivity contribution is 5.27. The summed E-state index contributed by atoms with van der Waals surface area (Å²) in [5, 5.41) is 10.0. The Kier molecular flexibility index (Phi) is 7.09. The molecule has 2 aromatic rings. The van der Waals surface area contributed by atoms with Gasteiger partial charge in [-0.25, -0.2) is 4.39 Å². The number of ether oxygens (including phenoxy) is 2.